The Balaban J connectivity index is 1.88. The molecule has 2 rings (SSSR count). The van der Waals surface area contributed by atoms with E-state index in [1.54, 1.807) is 13.1 Å². The van der Waals surface area contributed by atoms with Crippen molar-refractivity contribution in [3.05, 3.63) is 53.9 Å². The van der Waals surface area contributed by atoms with Gasteiger partial charge in [0.1, 0.15) is 6.04 Å². The Hall–Kier alpha value is -2.14. The van der Waals surface area contributed by atoms with Crippen LogP contribution in [-0.2, 0) is 22.6 Å². The quantitative estimate of drug-likeness (QED) is 0.812. The zero-order valence-electron chi connectivity index (χ0n) is 11.7. The summed E-state index contributed by atoms with van der Waals surface area (Å²) in [6.07, 6.45) is 3.78. The summed E-state index contributed by atoms with van der Waals surface area (Å²) in [4.78, 5) is 11.3. The van der Waals surface area contributed by atoms with Gasteiger partial charge in [0, 0.05) is 18.3 Å². The van der Waals surface area contributed by atoms with Crippen molar-refractivity contribution in [2.75, 3.05) is 7.11 Å². The lowest BCUT2D eigenvalue weighted by Gasteiger charge is -2.09. The Kier molecular flexibility index (Phi) is 4.90. The van der Waals surface area contributed by atoms with E-state index >= 15 is 0 Å². The van der Waals surface area contributed by atoms with Gasteiger partial charge in [0.2, 0.25) is 0 Å². The fourth-order valence-corrected chi connectivity index (χ4v) is 1.89. The average Bonchev–Trinajstić information content (AvgIpc) is 2.92. The molecule has 1 N–H and O–H groups in total. The third kappa shape index (κ3) is 3.93. The molecular weight excluding hydrogens is 254 g/mol. The van der Waals surface area contributed by atoms with E-state index in [4.69, 9.17) is 0 Å². The Morgan fingerprint density at radius 2 is 2.10 bits per heavy atom. The highest BCUT2D eigenvalue weighted by Gasteiger charge is 2.12. The molecule has 0 aliphatic heterocycles. The van der Waals surface area contributed by atoms with Crippen molar-refractivity contribution in [3.63, 3.8) is 0 Å². The number of rotatable bonds is 6. The number of ether oxygens (including phenoxy) is 1. The molecule has 0 saturated carbocycles. The number of esters is 1. The van der Waals surface area contributed by atoms with Gasteiger partial charge in [-0.05, 0) is 12.5 Å². The van der Waals surface area contributed by atoms with Crippen molar-refractivity contribution in [1.82, 2.24) is 15.1 Å². The van der Waals surface area contributed by atoms with Crippen LogP contribution < -0.4 is 5.32 Å². The SMILES string of the molecule is COC(=O)[C@H](C)NCc1cnn(Cc2ccccc2)c1. The van der Waals surface area contributed by atoms with E-state index < -0.39 is 0 Å². The smallest absolute Gasteiger partial charge is 0.322 e. The van der Waals surface area contributed by atoms with Crippen LogP contribution in [0.5, 0.6) is 0 Å². The molecule has 0 bridgehead atoms. The van der Waals surface area contributed by atoms with Crippen LogP contribution >= 0.6 is 0 Å². The molecule has 1 aromatic carbocycles. The van der Waals surface area contributed by atoms with Crippen LogP contribution in [0.4, 0.5) is 0 Å². The lowest BCUT2D eigenvalue weighted by molar-refractivity contribution is -0.142. The second-order valence-corrected chi connectivity index (χ2v) is 4.66. The number of carbonyl (C=O) groups is 1. The molecule has 2 aromatic rings. The van der Waals surface area contributed by atoms with Crippen LogP contribution in [0.3, 0.4) is 0 Å². The van der Waals surface area contributed by atoms with Gasteiger partial charge in [0.05, 0.1) is 19.9 Å². The standard InChI is InChI=1S/C15H19N3O2/c1-12(15(19)20-2)16-8-14-9-17-18(11-14)10-13-6-4-3-5-7-13/h3-7,9,11-12,16H,8,10H2,1-2H3/t12-/m0/s1. The third-order valence-electron chi connectivity index (χ3n) is 3.04. The topological polar surface area (TPSA) is 56.1 Å². The molecule has 1 aromatic heterocycles. The molecule has 5 heteroatoms. The summed E-state index contributed by atoms with van der Waals surface area (Å²) in [5.74, 6) is -0.262. The normalized spacial score (nSPS) is 12.1. The summed E-state index contributed by atoms with van der Waals surface area (Å²) in [6, 6.07) is 9.84. The second-order valence-electron chi connectivity index (χ2n) is 4.66. The fraction of sp³-hybridized carbons (Fsp3) is 0.333. The lowest BCUT2D eigenvalue weighted by atomic mass is 10.2. The summed E-state index contributed by atoms with van der Waals surface area (Å²) in [6.45, 7) is 3.11. The van der Waals surface area contributed by atoms with Crippen LogP contribution in [-0.4, -0.2) is 28.9 Å². The predicted octanol–water partition coefficient (Wildman–Crippen LogP) is 1.58. The molecular formula is C15H19N3O2. The number of carbonyl (C=O) groups excluding carboxylic acids is 1. The minimum Gasteiger partial charge on any atom is -0.468 e. The summed E-state index contributed by atoms with van der Waals surface area (Å²) < 4.78 is 6.55. The molecule has 1 heterocycles. The summed E-state index contributed by atoms with van der Waals surface area (Å²) in [7, 11) is 1.39. The summed E-state index contributed by atoms with van der Waals surface area (Å²) >= 11 is 0. The van der Waals surface area contributed by atoms with Crippen LogP contribution in [0, 0.1) is 0 Å². The van der Waals surface area contributed by atoms with Gasteiger partial charge in [0.15, 0.2) is 0 Å². The maximum absolute atomic E-state index is 11.3. The van der Waals surface area contributed by atoms with E-state index in [2.05, 4.69) is 27.3 Å². The van der Waals surface area contributed by atoms with E-state index in [0.29, 0.717) is 6.54 Å². The number of methoxy groups -OCH3 is 1. The highest BCUT2D eigenvalue weighted by atomic mass is 16.5. The largest absolute Gasteiger partial charge is 0.468 e. The average molecular weight is 273 g/mol. The highest BCUT2D eigenvalue weighted by molar-refractivity contribution is 5.75. The Morgan fingerprint density at radius 3 is 2.80 bits per heavy atom. The number of hydrogen-bond acceptors (Lipinski definition) is 4. The van der Waals surface area contributed by atoms with E-state index in [0.717, 1.165) is 12.1 Å². The molecule has 0 radical (unpaired) electrons. The first kappa shape index (κ1) is 14.3. The van der Waals surface area contributed by atoms with Gasteiger partial charge in [-0.2, -0.15) is 5.10 Å². The molecule has 1 atom stereocenters. The van der Waals surface area contributed by atoms with Gasteiger partial charge >= 0.3 is 5.97 Å². The Morgan fingerprint density at radius 1 is 1.35 bits per heavy atom. The van der Waals surface area contributed by atoms with E-state index in [1.165, 1.54) is 12.7 Å². The lowest BCUT2D eigenvalue weighted by Crippen LogP contribution is -2.34. The summed E-state index contributed by atoms with van der Waals surface area (Å²) in [5.41, 5.74) is 2.25. The molecule has 0 spiro atoms. The molecule has 0 unspecified atom stereocenters. The van der Waals surface area contributed by atoms with Gasteiger partial charge in [-0.15, -0.1) is 0 Å². The molecule has 0 aliphatic carbocycles. The fourth-order valence-electron chi connectivity index (χ4n) is 1.89. The Labute approximate surface area is 118 Å². The zero-order valence-corrected chi connectivity index (χ0v) is 11.7. The molecule has 20 heavy (non-hydrogen) atoms. The molecule has 5 nitrogen and oxygen atoms in total. The predicted molar refractivity (Wildman–Crippen MR) is 76.1 cm³/mol. The van der Waals surface area contributed by atoms with E-state index in [1.807, 2.05) is 29.1 Å². The number of hydrogen-bond donors (Lipinski definition) is 1. The van der Waals surface area contributed by atoms with Crippen molar-refractivity contribution in [3.8, 4) is 0 Å². The molecule has 0 saturated heterocycles. The van der Waals surface area contributed by atoms with Gasteiger partial charge in [0.25, 0.3) is 0 Å². The molecule has 0 fully saturated rings. The van der Waals surface area contributed by atoms with Gasteiger partial charge < -0.3 is 10.1 Å². The number of nitrogens with zero attached hydrogens (tertiary/aromatic N) is 2. The minimum absolute atomic E-state index is 0.262. The van der Waals surface area contributed by atoms with Gasteiger partial charge in [-0.3, -0.25) is 9.48 Å². The van der Waals surface area contributed by atoms with Crippen LogP contribution in [0.2, 0.25) is 0 Å². The van der Waals surface area contributed by atoms with E-state index in [-0.39, 0.29) is 12.0 Å². The maximum Gasteiger partial charge on any atom is 0.322 e. The number of nitrogens with one attached hydrogen (secondary N) is 1. The highest BCUT2D eigenvalue weighted by Crippen LogP contribution is 2.04. The maximum atomic E-state index is 11.3. The van der Waals surface area contributed by atoms with Crippen molar-refractivity contribution < 1.29 is 9.53 Å². The number of aromatic nitrogens is 2. The first-order chi connectivity index (χ1) is 9.69. The van der Waals surface area contributed by atoms with Crippen LogP contribution in [0.25, 0.3) is 0 Å². The third-order valence-corrected chi connectivity index (χ3v) is 3.04. The monoisotopic (exact) mass is 273 g/mol. The van der Waals surface area contributed by atoms with Crippen molar-refractivity contribution in [2.45, 2.75) is 26.1 Å². The van der Waals surface area contributed by atoms with Crippen molar-refractivity contribution in [1.29, 1.82) is 0 Å². The van der Waals surface area contributed by atoms with E-state index in [9.17, 15) is 4.79 Å². The van der Waals surface area contributed by atoms with Crippen molar-refractivity contribution >= 4 is 5.97 Å². The first-order valence-corrected chi connectivity index (χ1v) is 6.55. The van der Waals surface area contributed by atoms with Gasteiger partial charge in [-0.25, -0.2) is 0 Å². The molecule has 106 valence electrons. The minimum atomic E-state index is -0.322. The zero-order chi connectivity index (χ0) is 14.4. The second kappa shape index (κ2) is 6.86. The Bertz CT molecular complexity index is 551. The number of benzene rings is 1. The van der Waals surface area contributed by atoms with Crippen LogP contribution in [0.15, 0.2) is 42.7 Å². The van der Waals surface area contributed by atoms with Crippen molar-refractivity contribution in [2.24, 2.45) is 0 Å². The molecule has 0 amide bonds. The summed E-state index contributed by atoms with van der Waals surface area (Å²) in [5, 5.41) is 7.41. The molecule has 0 aliphatic rings. The van der Waals surface area contributed by atoms with Gasteiger partial charge in [-0.1, -0.05) is 30.3 Å². The first-order valence-electron chi connectivity index (χ1n) is 6.55. The van der Waals surface area contributed by atoms with Crippen LogP contribution in [0.1, 0.15) is 18.1 Å².